The molecule has 1 heterocycles. The molecule has 2 unspecified atom stereocenters. The number of halogens is 3. The van der Waals surface area contributed by atoms with Crippen molar-refractivity contribution in [3.05, 3.63) is 94.0 Å². The van der Waals surface area contributed by atoms with Crippen molar-refractivity contribution in [3.8, 4) is 6.07 Å². The summed E-state index contributed by atoms with van der Waals surface area (Å²) >= 11 is 0. The number of nitriles is 1. The van der Waals surface area contributed by atoms with Crippen molar-refractivity contribution in [1.82, 2.24) is 10.0 Å². The highest BCUT2D eigenvalue weighted by Crippen LogP contribution is 2.50. The molecule has 0 saturated carbocycles. The zero-order valence-electron chi connectivity index (χ0n) is 18.2. The molecule has 0 amide bonds. The molecule has 0 radical (unpaired) electrons. The number of Topliss-reactive ketones (excluding diaryl/α,β-unsaturated/α-hetero) is 1. The number of ketones is 1. The molecule has 2 atom stereocenters. The number of rotatable bonds is 3. The van der Waals surface area contributed by atoms with Gasteiger partial charge in [-0.1, -0.05) is 48.5 Å². The molecular formula is C25H23F3N4O. The molecule has 0 saturated heterocycles. The fourth-order valence-electron chi connectivity index (χ4n) is 4.85. The second-order valence-corrected chi connectivity index (χ2v) is 8.39. The number of carbonyl (C=O) groups is 1. The summed E-state index contributed by atoms with van der Waals surface area (Å²) in [6, 6.07) is 16.6. The first-order valence-electron chi connectivity index (χ1n) is 10.5. The van der Waals surface area contributed by atoms with Gasteiger partial charge in [0.15, 0.2) is 5.78 Å². The van der Waals surface area contributed by atoms with E-state index in [0.717, 1.165) is 11.6 Å². The number of allylic oxidation sites excluding steroid dienone is 3. The molecular weight excluding hydrogens is 429 g/mol. The normalized spacial score (nSPS) is 21.4. The Bertz CT molecular complexity index is 1190. The van der Waals surface area contributed by atoms with E-state index in [0.29, 0.717) is 12.1 Å². The Balaban J connectivity index is 1.95. The Hall–Kier alpha value is -3.57. The Morgan fingerprint density at radius 1 is 1.06 bits per heavy atom. The van der Waals surface area contributed by atoms with Crippen molar-refractivity contribution in [3.63, 3.8) is 0 Å². The summed E-state index contributed by atoms with van der Waals surface area (Å²) in [6.45, 7) is 0. The van der Waals surface area contributed by atoms with Gasteiger partial charge in [-0.25, -0.2) is 5.01 Å². The van der Waals surface area contributed by atoms with Crippen molar-refractivity contribution >= 4 is 5.78 Å². The summed E-state index contributed by atoms with van der Waals surface area (Å²) in [4.78, 5) is 13.5. The van der Waals surface area contributed by atoms with Crippen LogP contribution in [0.25, 0.3) is 0 Å². The van der Waals surface area contributed by atoms with Gasteiger partial charge in [0, 0.05) is 31.8 Å². The molecule has 4 rings (SSSR count). The maximum absolute atomic E-state index is 13.9. The number of alkyl halides is 3. The van der Waals surface area contributed by atoms with Gasteiger partial charge < -0.3 is 5.73 Å². The third-order valence-corrected chi connectivity index (χ3v) is 6.19. The van der Waals surface area contributed by atoms with Crippen LogP contribution in [0.5, 0.6) is 0 Å². The van der Waals surface area contributed by atoms with Crippen molar-refractivity contribution in [2.24, 2.45) is 5.73 Å². The standard InChI is InChI=1S/C25H23F3N4O/c1-31(2)32-20-12-16(15-8-4-3-5-9-15)13-21(33)23(20)22(18(14-29)24(32)30)17-10-6-7-11-19(17)25(26,27)28/h3-11,16,22H,12-13,30H2,1-2H3. The number of carbonyl (C=O) groups excluding carboxylic acids is 1. The molecule has 8 heteroatoms. The van der Waals surface area contributed by atoms with Gasteiger partial charge in [0.25, 0.3) is 0 Å². The third kappa shape index (κ3) is 3.89. The minimum Gasteiger partial charge on any atom is -0.383 e. The average molecular weight is 452 g/mol. The van der Waals surface area contributed by atoms with Gasteiger partial charge in [-0.15, -0.1) is 0 Å². The van der Waals surface area contributed by atoms with E-state index in [1.54, 1.807) is 24.1 Å². The van der Waals surface area contributed by atoms with Gasteiger partial charge in [-0.3, -0.25) is 9.80 Å². The second-order valence-electron chi connectivity index (χ2n) is 8.39. The van der Waals surface area contributed by atoms with Crippen molar-refractivity contribution in [2.45, 2.75) is 30.9 Å². The lowest BCUT2D eigenvalue weighted by molar-refractivity contribution is -0.138. The number of nitrogens with two attached hydrogens (primary N) is 1. The number of hydrogen-bond donors (Lipinski definition) is 1. The monoisotopic (exact) mass is 452 g/mol. The topological polar surface area (TPSA) is 73.4 Å². The fourth-order valence-corrected chi connectivity index (χ4v) is 4.85. The van der Waals surface area contributed by atoms with Crippen LogP contribution < -0.4 is 5.73 Å². The molecule has 0 spiro atoms. The summed E-state index contributed by atoms with van der Waals surface area (Å²) in [7, 11) is 3.43. The van der Waals surface area contributed by atoms with E-state index in [9.17, 15) is 23.2 Å². The highest BCUT2D eigenvalue weighted by molar-refractivity contribution is 6.00. The molecule has 2 aliphatic rings. The summed E-state index contributed by atoms with van der Waals surface area (Å²) in [5.41, 5.74) is 7.00. The largest absolute Gasteiger partial charge is 0.416 e. The second kappa shape index (κ2) is 8.41. The first-order valence-corrected chi connectivity index (χ1v) is 10.5. The van der Waals surface area contributed by atoms with Gasteiger partial charge >= 0.3 is 6.18 Å². The van der Waals surface area contributed by atoms with Crippen LogP contribution in [-0.4, -0.2) is 29.9 Å². The number of hydrazine groups is 1. The molecule has 1 aliphatic heterocycles. The molecule has 1 aliphatic carbocycles. The van der Waals surface area contributed by atoms with Crippen LogP contribution in [0.15, 0.2) is 77.3 Å². The van der Waals surface area contributed by atoms with Crippen LogP contribution in [0.2, 0.25) is 0 Å². The highest BCUT2D eigenvalue weighted by atomic mass is 19.4. The van der Waals surface area contributed by atoms with Crippen molar-refractivity contribution in [2.75, 3.05) is 14.1 Å². The quantitative estimate of drug-likeness (QED) is 0.732. The van der Waals surface area contributed by atoms with E-state index < -0.39 is 17.7 Å². The van der Waals surface area contributed by atoms with E-state index in [-0.39, 0.29) is 40.7 Å². The molecule has 0 aromatic heterocycles. The van der Waals surface area contributed by atoms with E-state index in [1.807, 2.05) is 36.4 Å². The lowest BCUT2D eigenvalue weighted by atomic mass is 9.71. The zero-order chi connectivity index (χ0) is 23.9. The zero-order valence-corrected chi connectivity index (χ0v) is 18.2. The first-order chi connectivity index (χ1) is 15.6. The van der Waals surface area contributed by atoms with Crippen molar-refractivity contribution < 1.29 is 18.0 Å². The smallest absolute Gasteiger partial charge is 0.383 e. The molecule has 2 N–H and O–H groups in total. The van der Waals surface area contributed by atoms with Gasteiger partial charge in [-0.05, 0) is 29.5 Å². The molecule has 170 valence electrons. The van der Waals surface area contributed by atoms with E-state index in [1.165, 1.54) is 18.2 Å². The van der Waals surface area contributed by atoms with Gasteiger partial charge in [-0.2, -0.15) is 18.4 Å². The van der Waals surface area contributed by atoms with Crippen LogP contribution in [0.3, 0.4) is 0 Å². The predicted molar refractivity (Wildman–Crippen MR) is 117 cm³/mol. The predicted octanol–water partition coefficient (Wildman–Crippen LogP) is 4.68. The highest BCUT2D eigenvalue weighted by Gasteiger charge is 2.46. The minimum absolute atomic E-state index is 0.0322. The molecule has 5 nitrogen and oxygen atoms in total. The molecule has 0 fully saturated rings. The molecule has 2 aromatic rings. The van der Waals surface area contributed by atoms with Gasteiger partial charge in [0.05, 0.1) is 23.1 Å². The Morgan fingerprint density at radius 2 is 1.70 bits per heavy atom. The van der Waals surface area contributed by atoms with Crippen LogP contribution in [0, 0.1) is 11.3 Å². The molecule has 33 heavy (non-hydrogen) atoms. The van der Waals surface area contributed by atoms with E-state index in [2.05, 4.69) is 0 Å². The van der Waals surface area contributed by atoms with Crippen LogP contribution in [0.1, 0.15) is 41.4 Å². The summed E-state index contributed by atoms with van der Waals surface area (Å²) in [5, 5.41) is 13.2. The SMILES string of the molecule is CN(C)N1C(N)=C(C#N)C(c2ccccc2C(F)(F)F)C2=C1CC(c1ccccc1)CC2=O. The molecule has 0 bridgehead atoms. The lowest BCUT2D eigenvalue weighted by Gasteiger charge is -2.44. The number of benzene rings is 2. The Kier molecular flexibility index (Phi) is 5.76. The lowest BCUT2D eigenvalue weighted by Crippen LogP contribution is -2.46. The first kappa shape index (κ1) is 22.6. The Morgan fingerprint density at radius 3 is 2.30 bits per heavy atom. The summed E-state index contributed by atoms with van der Waals surface area (Å²) in [6.07, 6.45) is -4.09. The third-order valence-electron chi connectivity index (χ3n) is 6.19. The summed E-state index contributed by atoms with van der Waals surface area (Å²) in [5.74, 6) is -1.57. The van der Waals surface area contributed by atoms with Crippen LogP contribution in [-0.2, 0) is 11.0 Å². The maximum atomic E-state index is 13.9. The summed E-state index contributed by atoms with van der Waals surface area (Å²) < 4.78 is 41.7. The Labute approximate surface area is 190 Å². The number of nitrogens with zero attached hydrogens (tertiary/aromatic N) is 3. The van der Waals surface area contributed by atoms with E-state index in [4.69, 9.17) is 5.73 Å². The van der Waals surface area contributed by atoms with Crippen LogP contribution in [0.4, 0.5) is 13.2 Å². The molecule has 2 aromatic carbocycles. The van der Waals surface area contributed by atoms with Crippen LogP contribution >= 0.6 is 0 Å². The van der Waals surface area contributed by atoms with Crippen molar-refractivity contribution in [1.29, 1.82) is 5.26 Å². The number of hydrogen-bond acceptors (Lipinski definition) is 5. The van der Waals surface area contributed by atoms with E-state index >= 15 is 0 Å². The average Bonchev–Trinajstić information content (AvgIpc) is 2.77. The minimum atomic E-state index is -4.64. The van der Waals surface area contributed by atoms with Gasteiger partial charge in [0.1, 0.15) is 5.82 Å². The van der Waals surface area contributed by atoms with Gasteiger partial charge in [0.2, 0.25) is 0 Å². The fraction of sp³-hybridized carbons (Fsp3) is 0.280. The maximum Gasteiger partial charge on any atom is 0.416 e.